The molecule has 1 aliphatic heterocycles. The van der Waals surface area contributed by atoms with Crippen LogP contribution in [0.25, 0.3) is 0 Å². The molecule has 102 valence electrons. The first-order valence-electron chi connectivity index (χ1n) is 6.45. The van der Waals surface area contributed by atoms with Gasteiger partial charge in [0.2, 0.25) is 0 Å². The molecule has 0 aliphatic carbocycles. The highest BCUT2D eigenvalue weighted by molar-refractivity contribution is 6.39. The van der Waals surface area contributed by atoms with Gasteiger partial charge in [-0.15, -0.1) is 0 Å². The summed E-state index contributed by atoms with van der Waals surface area (Å²) in [6.07, 6.45) is 3.04. The summed E-state index contributed by atoms with van der Waals surface area (Å²) in [4.78, 5) is 25.6. The van der Waals surface area contributed by atoms with Gasteiger partial charge in [0, 0.05) is 23.3 Å². The second-order valence-electron chi connectivity index (χ2n) is 4.80. The Bertz CT molecular complexity index is 473. The van der Waals surface area contributed by atoms with E-state index in [1.807, 2.05) is 6.92 Å². The minimum absolute atomic E-state index is 0.136. The largest absolute Gasteiger partial charge is 0.332 e. The maximum atomic E-state index is 12.1. The third-order valence-electron chi connectivity index (χ3n) is 3.36. The zero-order valence-corrected chi connectivity index (χ0v) is 11.6. The molecule has 19 heavy (non-hydrogen) atoms. The lowest BCUT2D eigenvalue weighted by Crippen LogP contribution is -2.47. The standard InChI is InChI=1S/C14H17ClN2O2/c1-10-4-2-3-9-17(10)14(19)13(18)16-12-7-5-11(15)6-8-12/h5-8,10H,2-4,9H2,1H3,(H,16,18). The number of piperidine rings is 1. The Labute approximate surface area is 117 Å². The molecule has 1 aliphatic rings. The number of carbonyl (C=O) groups is 2. The summed E-state index contributed by atoms with van der Waals surface area (Å²) in [5.74, 6) is -1.04. The van der Waals surface area contributed by atoms with E-state index in [9.17, 15) is 9.59 Å². The first-order chi connectivity index (χ1) is 9.08. The molecule has 1 saturated heterocycles. The fraction of sp³-hybridized carbons (Fsp3) is 0.429. The molecule has 0 saturated carbocycles. The number of rotatable bonds is 1. The molecular weight excluding hydrogens is 264 g/mol. The highest BCUT2D eigenvalue weighted by Crippen LogP contribution is 2.17. The minimum Gasteiger partial charge on any atom is -0.332 e. The topological polar surface area (TPSA) is 49.4 Å². The van der Waals surface area contributed by atoms with E-state index < -0.39 is 11.8 Å². The third-order valence-corrected chi connectivity index (χ3v) is 3.61. The molecular formula is C14H17ClN2O2. The molecule has 5 heteroatoms. The summed E-state index contributed by atoms with van der Waals surface area (Å²) in [5.41, 5.74) is 0.576. The number of hydrogen-bond acceptors (Lipinski definition) is 2. The summed E-state index contributed by atoms with van der Waals surface area (Å²) in [5, 5.41) is 3.19. The summed E-state index contributed by atoms with van der Waals surface area (Å²) in [7, 11) is 0. The van der Waals surface area contributed by atoms with Gasteiger partial charge in [-0.2, -0.15) is 0 Å². The lowest BCUT2D eigenvalue weighted by atomic mass is 10.0. The van der Waals surface area contributed by atoms with Gasteiger partial charge in [-0.3, -0.25) is 9.59 Å². The SMILES string of the molecule is CC1CCCCN1C(=O)C(=O)Nc1ccc(Cl)cc1. The van der Waals surface area contributed by atoms with Crippen molar-refractivity contribution in [3.05, 3.63) is 29.3 Å². The molecule has 1 heterocycles. The predicted octanol–water partition coefficient (Wildman–Crippen LogP) is 2.68. The first kappa shape index (κ1) is 13.9. The molecule has 1 atom stereocenters. The van der Waals surface area contributed by atoms with Gasteiger partial charge in [-0.25, -0.2) is 0 Å². The van der Waals surface area contributed by atoms with Crippen LogP contribution >= 0.6 is 11.6 Å². The molecule has 0 spiro atoms. The number of carbonyl (C=O) groups excluding carboxylic acids is 2. The monoisotopic (exact) mass is 280 g/mol. The second-order valence-corrected chi connectivity index (χ2v) is 5.24. The van der Waals surface area contributed by atoms with E-state index in [4.69, 9.17) is 11.6 Å². The van der Waals surface area contributed by atoms with E-state index in [0.29, 0.717) is 17.3 Å². The zero-order chi connectivity index (χ0) is 13.8. The van der Waals surface area contributed by atoms with Gasteiger partial charge < -0.3 is 10.2 Å². The Morgan fingerprint density at radius 2 is 1.95 bits per heavy atom. The lowest BCUT2D eigenvalue weighted by Gasteiger charge is -2.32. The highest BCUT2D eigenvalue weighted by atomic mass is 35.5. The Morgan fingerprint density at radius 1 is 1.26 bits per heavy atom. The van der Waals surface area contributed by atoms with Crippen LogP contribution in [-0.4, -0.2) is 29.3 Å². The normalized spacial score (nSPS) is 19.1. The van der Waals surface area contributed by atoms with Crippen molar-refractivity contribution in [3.8, 4) is 0 Å². The van der Waals surface area contributed by atoms with Crippen molar-refractivity contribution in [2.24, 2.45) is 0 Å². The molecule has 0 aromatic heterocycles. The molecule has 1 aromatic rings. The van der Waals surface area contributed by atoms with Crippen molar-refractivity contribution < 1.29 is 9.59 Å². The van der Waals surface area contributed by atoms with E-state index in [1.165, 1.54) is 0 Å². The van der Waals surface area contributed by atoms with Gasteiger partial charge >= 0.3 is 11.8 Å². The highest BCUT2D eigenvalue weighted by Gasteiger charge is 2.27. The Hall–Kier alpha value is -1.55. The van der Waals surface area contributed by atoms with Crippen LogP contribution in [0.3, 0.4) is 0 Å². The molecule has 1 N–H and O–H groups in total. The zero-order valence-electron chi connectivity index (χ0n) is 10.9. The Kier molecular flexibility index (Phi) is 4.43. The fourth-order valence-electron chi connectivity index (χ4n) is 2.25. The van der Waals surface area contributed by atoms with Crippen LogP contribution in [0.2, 0.25) is 5.02 Å². The number of hydrogen-bond donors (Lipinski definition) is 1. The van der Waals surface area contributed by atoms with Crippen LogP contribution in [0.4, 0.5) is 5.69 Å². The van der Waals surface area contributed by atoms with Crippen LogP contribution in [0.15, 0.2) is 24.3 Å². The van der Waals surface area contributed by atoms with Crippen molar-refractivity contribution in [1.82, 2.24) is 4.90 Å². The predicted molar refractivity (Wildman–Crippen MR) is 75.1 cm³/mol. The van der Waals surface area contributed by atoms with Gasteiger partial charge in [-0.1, -0.05) is 11.6 Å². The molecule has 1 unspecified atom stereocenters. The summed E-state index contributed by atoms with van der Waals surface area (Å²) in [6.45, 7) is 2.64. The molecule has 0 radical (unpaired) electrons. The van der Waals surface area contributed by atoms with E-state index in [1.54, 1.807) is 29.2 Å². The fourth-order valence-corrected chi connectivity index (χ4v) is 2.37. The Morgan fingerprint density at radius 3 is 2.58 bits per heavy atom. The number of likely N-dealkylation sites (tertiary alicyclic amines) is 1. The minimum atomic E-state index is -0.587. The molecule has 1 fully saturated rings. The summed E-state index contributed by atoms with van der Waals surface area (Å²) in [6, 6.07) is 6.83. The maximum absolute atomic E-state index is 12.1. The van der Waals surface area contributed by atoms with Crippen molar-refractivity contribution in [1.29, 1.82) is 0 Å². The molecule has 4 nitrogen and oxygen atoms in total. The van der Waals surface area contributed by atoms with E-state index >= 15 is 0 Å². The third kappa shape index (κ3) is 3.47. The van der Waals surface area contributed by atoms with Gasteiger partial charge in [0.1, 0.15) is 0 Å². The first-order valence-corrected chi connectivity index (χ1v) is 6.83. The average molecular weight is 281 g/mol. The lowest BCUT2D eigenvalue weighted by molar-refractivity contribution is -0.145. The Balaban J connectivity index is 1.99. The summed E-state index contributed by atoms with van der Waals surface area (Å²) >= 11 is 5.76. The molecule has 2 rings (SSSR count). The van der Waals surface area contributed by atoms with Crippen LogP contribution in [0.5, 0.6) is 0 Å². The average Bonchev–Trinajstić information content (AvgIpc) is 2.41. The molecule has 2 amide bonds. The van der Waals surface area contributed by atoms with E-state index in [-0.39, 0.29) is 6.04 Å². The van der Waals surface area contributed by atoms with E-state index in [0.717, 1.165) is 19.3 Å². The molecule has 0 bridgehead atoms. The number of anilines is 1. The van der Waals surface area contributed by atoms with Crippen LogP contribution in [0, 0.1) is 0 Å². The maximum Gasteiger partial charge on any atom is 0.313 e. The number of halogens is 1. The van der Waals surface area contributed by atoms with Crippen LogP contribution < -0.4 is 5.32 Å². The van der Waals surface area contributed by atoms with Gasteiger partial charge in [0.15, 0.2) is 0 Å². The van der Waals surface area contributed by atoms with Crippen LogP contribution in [-0.2, 0) is 9.59 Å². The quantitative estimate of drug-likeness (QED) is 0.804. The summed E-state index contributed by atoms with van der Waals surface area (Å²) < 4.78 is 0. The smallest absolute Gasteiger partial charge is 0.313 e. The second kappa shape index (κ2) is 6.06. The number of amides is 2. The number of nitrogens with zero attached hydrogens (tertiary/aromatic N) is 1. The van der Waals surface area contributed by atoms with Crippen molar-refractivity contribution in [2.45, 2.75) is 32.2 Å². The van der Waals surface area contributed by atoms with Gasteiger partial charge in [0.05, 0.1) is 0 Å². The van der Waals surface area contributed by atoms with Crippen molar-refractivity contribution in [2.75, 3.05) is 11.9 Å². The van der Waals surface area contributed by atoms with Gasteiger partial charge in [0.25, 0.3) is 0 Å². The number of nitrogens with one attached hydrogen (secondary N) is 1. The molecule has 1 aromatic carbocycles. The van der Waals surface area contributed by atoms with Crippen molar-refractivity contribution >= 4 is 29.1 Å². The van der Waals surface area contributed by atoms with E-state index in [2.05, 4.69) is 5.32 Å². The van der Waals surface area contributed by atoms with Crippen molar-refractivity contribution in [3.63, 3.8) is 0 Å². The van der Waals surface area contributed by atoms with Gasteiger partial charge in [-0.05, 0) is 50.5 Å². The number of benzene rings is 1. The van der Waals surface area contributed by atoms with Crippen LogP contribution in [0.1, 0.15) is 26.2 Å².